The zero-order valence-electron chi connectivity index (χ0n) is 24.4. The molecule has 0 aromatic heterocycles. The molecule has 1 aromatic rings. The second-order valence-corrected chi connectivity index (χ2v) is 10.8. The van der Waals surface area contributed by atoms with Crippen molar-refractivity contribution >= 4 is 5.97 Å². The van der Waals surface area contributed by atoms with Crippen LogP contribution in [0.5, 0.6) is 5.75 Å². The quantitative estimate of drug-likeness (QED) is 0.171. The van der Waals surface area contributed by atoms with Crippen molar-refractivity contribution in [3.63, 3.8) is 0 Å². The molecule has 0 atom stereocenters. The Morgan fingerprint density at radius 1 is 1.03 bits per heavy atom. The molecule has 3 rings (SSSR count). The van der Waals surface area contributed by atoms with Gasteiger partial charge in [-0.2, -0.15) is 0 Å². The van der Waals surface area contributed by atoms with Gasteiger partial charge in [-0.25, -0.2) is 4.79 Å². The Labute approximate surface area is 236 Å². The molecule has 0 unspecified atom stereocenters. The van der Waals surface area contributed by atoms with E-state index in [0.29, 0.717) is 0 Å². The molecule has 0 spiro atoms. The van der Waals surface area contributed by atoms with Crippen molar-refractivity contribution in [2.75, 3.05) is 19.7 Å². The number of allylic oxidation sites excluding steroid dienone is 6. The Bertz CT molecular complexity index is 1090. The number of unbranched alkanes of at least 4 members (excludes halogenated alkanes) is 2. The number of benzene rings is 1. The SMILES string of the molecule is C=CCC1=C(CC)C(C(=C)N2CCCCC2)=CCC=C1CCCCCc1cccc(OCC(=O)O)c1CCC. The summed E-state index contributed by atoms with van der Waals surface area (Å²) in [4.78, 5) is 13.5. The first-order valence-electron chi connectivity index (χ1n) is 15.1. The van der Waals surface area contributed by atoms with Gasteiger partial charge in [0.2, 0.25) is 0 Å². The third-order valence-electron chi connectivity index (χ3n) is 7.99. The molecule has 0 bridgehead atoms. The number of carboxylic acid groups (broad SMARTS) is 1. The van der Waals surface area contributed by atoms with Crippen molar-refractivity contribution in [3.8, 4) is 5.75 Å². The van der Waals surface area contributed by atoms with Crippen LogP contribution in [0.2, 0.25) is 0 Å². The Kier molecular flexibility index (Phi) is 12.7. The molecule has 1 aliphatic carbocycles. The van der Waals surface area contributed by atoms with Gasteiger partial charge < -0.3 is 14.7 Å². The number of hydrogen-bond acceptors (Lipinski definition) is 3. The zero-order valence-corrected chi connectivity index (χ0v) is 24.4. The van der Waals surface area contributed by atoms with Crippen LogP contribution < -0.4 is 4.74 Å². The fraction of sp³-hybridized carbons (Fsp3) is 0.514. The third kappa shape index (κ3) is 8.74. The van der Waals surface area contributed by atoms with Crippen molar-refractivity contribution in [2.24, 2.45) is 0 Å². The van der Waals surface area contributed by atoms with Crippen LogP contribution in [0, 0.1) is 0 Å². The van der Waals surface area contributed by atoms with E-state index in [1.165, 1.54) is 58.4 Å². The summed E-state index contributed by atoms with van der Waals surface area (Å²) in [7, 11) is 0. The highest BCUT2D eigenvalue weighted by atomic mass is 16.5. The van der Waals surface area contributed by atoms with Crippen LogP contribution in [0.3, 0.4) is 0 Å². The summed E-state index contributed by atoms with van der Waals surface area (Å²) in [5, 5.41) is 9.03. The maximum atomic E-state index is 11.0. The molecule has 0 radical (unpaired) electrons. The Balaban J connectivity index is 1.63. The van der Waals surface area contributed by atoms with E-state index in [1.54, 1.807) is 0 Å². The Hall–Kier alpha value is -3.01. The minimum atomic E-state index is -0.940. The van der Waals surface area contributed by atoms with Crippen molar-refractivity contribution < 1.29 is 14.6 Å². The third-order valence-corrected chi connectivity index (χ3v) is 7.99. The topological polar surface area (TPSA) is 49.8 Å². The van der Waals surface area contributed by atoms with Crippen LogP contribution in [0.1, 0.15) is 95.6 Å². The lowest BCUT2D eigenvalue weighted by atomic mass is 9.88. The minimum absolute atomic E-state index is 0.294. The molecule has 0 saturated carbocycles. The van der Waals surface area contributed by atoms with Gasteiger partial charge in [-0.15, -0.1) is 6.58 Å². The molecule has 1 heterocycles. The van der Waals surface area contributed by atoms with E-state index in [0.717, 1.165) is 83.0 Å². The molecule has 0 amide bonds. The highest BCUT2D eigenvalue weighted by Gasteiger charge is 2.21. The maximum absolute atomic E-state index is 11.0. The summed E-state index contributed by atoms with van der Waals surface area (Å²) in [5.41, 5.74) is 9.43. The molecule has 39 heavy (non-hydrogen) atoms. The molecule has 1 fully saturated rings. The van der Waals surface area contributed by atoms with Crippen LogP contribution in [0.15, 0.2) is 77.6 Å². The fourth-order valence-corrected chi connectivity index (χ4v) is 6.06. The van der Waals surface area contributed by atoms with E-state index in [2.05, 4.69) is 56.2 Å². The molecule has 1 saturated heterocycles. The first-order valence-corrected chi connectivity index (χ1v) is 15.1. The molecule has 1 N–H and O–H groups in total. The van der Waals surface area contributed by atoms with E-state index in [1.807, 2.05) is 12.1 Å². The predicted molar refractivity (Wildman–Crippen MR) is 163 cm³/mol. The first kappa shape index (κ1) is 30.5. The molecule has 2 aliphatic rings. The van der Waals surface area contributed by atoms with Crippen LogP contribution in [-0.2, 0) is 17.6 Å². The lowest BCUT2D eigenvalue weighted by Crippen LogP contribution is -2.29. The van der Waals surface area contributed by atoms with Crippen LogP contribution >= 0.6 is 0 Å². The first-order chi connectivity index (χ1) is 19.0. The Morgan fingerprint density at radius 2 is 1.79 bits per heavy atom. The number of likely N-dealkylation sites (tertiary alicyclic amines) is 1. The smallest absolute Gasteiger partial charge is 0.341 e. The standard InChI is InChI=1S/C35H49NO3/c1-5-16-32-28(20-14-22-31(30(32)7-3)27(4)36-24-12-9-13-25-36)18-10-8-11-19-29-21-15-23-34(33(29)17-6-2)39-26-35(37)38/h5,15,20-23H,1,4,6-14,16-19,24-26H2,2-3H3,(H,37,38). The number of nitrogens with zero attached hydrogens (tertiary/aromatic N) is 1. The minimum Gasteiger partial charge on any atom is -0.482 e. The van der Waals surface area contributed by atoms with Gasteiger partial charge in [0.25, 0.3) is 0 Å². The average Bonchev–Trinajstić information content (AvgIpc) is 3.12. The summed E-state index contributed by atoms with van der Waals surface area (Å²) in [6, 6.07) is 6.06. The molecule has 4 nitrogen and oxygen atoms in total. The van der Waals surface area contributed by atoms with Crippen molar-refractivity contribution in [3.05, 3.63) is 88.7 Å². The van der Waals surface area contributed by atoms with Crippen LogP contribution in [0.4, 0.5) is 0 Å². The number of carboxylic acids is 1. The molecule has 212 valence electrons. The van der Waals surface area contributed by atoms with E-state index >= 15 is 0 Å². The van der Waals surface area contributed by atoms with E-state index in [4.69, 9.17) is 9.84 Å². The van der Waals surface area contributed by atoms with Gasteiger partial charge in [0.05, 0.1) is 0 Å². The summed E-state index contributed by atoms with van der Waals surface area (Å²) < 4.78 is 5.60. The van der Waals surface area contributed by atoms with E-state index in [9.17, 15) is 4.79 Å². The summed E-state index contributed by atoms with van der Waals surface area (Å²) >= 11 is 0. The molecule has 1 aromatic carbocycles. The molecule has 4 heteroatoms. The number of ether oxygens (including phenoxy) is 1. The zero-order chi connectivity index (χ0) is 28.0. The Morgan fingerprint density at radius 3 is 2.49 bits per heavy atom. The highest BCUT2D eigenvalue weighted by Crippen LogP contribution is 2.37. The largest absolute Gasteiger partial charge is 0.482 e. The van der Waals surface area contributed by atoms with Gasteiger partial charge in [0.1, 0.15) is 5.75 Å². The van der Waals surface area contributed by atoms with Gasteiger partial charge in [-0.3, -0.25) is 0 Å². The van der Waals surface area contributed by atoms with Gasteiger partial charge in [0, 0.05) is 18.8 Å². The fourth-order valence-electron chi connectivity index (χ4n) is 6.06. The lowest BCUT2D eigenvalue weighted by Gasteiger charge is -2.33. The van der Waals surface area contributed by atoms with Crippen LogP contribution in [-0.4, -0.2) is 35.7 Å². The number of carbonyl (C=O) groups is 1. The number of rotatable bonds is 16. The number of hydrogen-bond donors (Lipinski definition) is 1. The number of aliphatic carboxylic acids is 1. The van der Waals surface area contributed by atoms with E-state index in [-0.39, 0.29) is 6.61 Å². The molecular weight excluding hydrogens is 482 g/mol. The molecule has 1 aliphatic heterocycles. The van der Waals surface area contributed by atoms with Crippen molar-refractivity contribution in [2.45, 2.75) is 97.3 Å². The lowest BCUT2D eigenvalue weighted by molar-refractivity contribution is -0.139. The van der Waals surface area contributed by atoms with Crippen molar-refractivity contribution in [1.82, 2.24) is 4.90 Å². The van der Waals surface area contributed by atoms with Crippen LogP contribution in [0.25, 0.3) is 0 Å². The predicted octanol–water partition coefficient (Wildman–Crippen LogP) is 8.74. The second-order valence-electron chi connectivity index (χ2n) is 10.8. The van der Waals surface area contributed by atoms with E-state index < -0.39 is 5.97 Å². The van der Waals surface area contributed by atoms with Gasteiger partial charge >= 0.3 is 5.97 Å². The van der Waals surface area contributed by atoms with Gasteiger partial charge in [0.15, 0.2) is 6.61 Å². The summed E-state index contributed by atoms with van der Waals surface area (Å²) in [6.07, 6.45) is 21.1. The number of piperidine rings is 1. The maximum Gasteiger partial charge on any atom is 0.341 e. The van der Waals surface area contributed by atoms with Crippen molar-refractivity contribution in [1.29, 1.82) is 0 Å². The van der Waals surface area contributed by atoms with Gasteiger partial charge in [-0.05, 0) is 110 Å². The summed E-state index contributed by atoms with van der Waals surface area (Å²) in [5.74, 6) is -0.217. The normalized spacial score (nSPS) is 15.9. The monoisotopic (exact) mass is 531 g/mol. The van der Waals surface area contributed by atoms with Gasteiger partial charge in [-0.1, -0.05) is 63.6 Å². The second kappa shape index (κ2) is 16.2. The number of aryl methyl sites for hydroxylation is 1. The molecular formula is C35H49NO3. The average molecular weight is 532 g/mol. The summed E-state index contributed by atoms with van der Waals surface area (Å²) in [6.45, 7) is 15.0. The highest BCUT2D eigenvalue weighted by molar-refractivity contribution is 5.68.